The molecule has 94 valence electrons. The van der Waals surface area contributed by atoms with Gasteiger partial charge in [0.15, 0.2) is 0 Å². The molecule has 0 bridgehead atoms. The predicted molar refractivity (Wildman–Crippen MR) is 75.2 cm³/mol. The molecule has 3 aromatic rings. The van der Waals surface area contributed by atoms with E-state index in [9.17, 15) is 4.79 Å². The van der Waals surface area contributed by atoms with Gasteiger partial charge in [-0.1, -0.05) is 30.3 Å². The summed E-state index contributed by atoms with van der Waals surface area (Å²) in [5.74, 6) is -0.300. The van der Waals surface area contributed by atoms with Gasteiger partial charge in [-0.3, -0.25) is 4.98 Å². The smallest absolute Gasteiger partial charge is 0.338 e. The number of carbonyl (C=O) groups excluding carboxylic acids is 1. The Morgan fingerprint density at radius 2 is 1.89 bits per heavy atom. The van der Waals surface area contributed by atoms with Crippen LogP contribution in [0.25, 0.3) is 21.7 Å². The molecular weight excluding hydrogens is 238 g/mol. The summed E-state index contributed by atoms with van der Waals surface area (Å²) in [7, 11) is 0. The van der Waals surface area contributed by atoms with Crippen LogP contribution in [0.2, 0.25) is 0 Å². The van der Waals surface area contributed by atoms with Gasteiger partial charge in [0, 0.05) is 17.0 Å². The quantitative estimate of drug-likeness (QED) is 0.516. The average Bonchev–Trinajstić information content (AvgIpc) is 2.46. The zero-order chi connectivity index (χ0) is 13.2. The molecule has 2 aromatic carbocycles. The Morgan fingerprint density at radius 3 is 2.74 bits per heavy atom. The minimum Gasteiger partial charge on any atom is -0.462 e. The van der Waals surface area contributed by atoms with Gasteiger partial charge < -0.3 is 4.74 Å². The van der Waals surface area contributed by atoms with Crippen molar-refractivity contribution in [1.82, 2.24) is 4.98 Å². The first-order valence-corrected chi connectivity index (χ1v) is 6.25. The van der Waals surface area contributed by atoms with E-state index in [1.807, 2.05) is 36.4 Å². The fourth-order valence-electron chi connectivity index (χ4n) is 2.29. The molecule has 3 rings (SSSR count). The van der Waals surface area contributed by atoms with Crippen LogP contribution >= 0.6 is 0 Å². The SMILES string of the molecule is CCOC(=O)c1cccc2ccc3cccnc3c12. The Morgan fingerprint density at radius 1 is 1.11 bits per heavy atom. The zero-order valence-electron chi connectivity index (χ0n) is 10.6. The number of hydrogen-bond acceptors (Lipinski definition) is 3. The molecule has 0 saturated heterocycles. The number of aromatic nitrogens is 1. The van der Waals surface area contributed by atoms with Gasteiger partial charge in [-0.05, 0) is 24.4 Å². The molecule has 0 atom stereocenters. The summed E-state index contributed by atoms with van der Waals surface area (Å²) in [6.07, 6.45) is 1.74. The fourth-order valence-corrected chi connectivity index (χ4v) is 2.29. The van der Waals surface area contributed by atoms with Gasteiger partial charge >= 0.3 is 5.97 Å². The van der Waals surface area contributed by atoms with Crippen molar-refractivity contribution in [1.29, 1.82) is 0 Å². The number of fused-ring (bicyclic) bond motifs is 3. The topological polar surface area (TPSA) is 39.2 Å². The first-order valence-electron chi connectivity index (χ1n) is 6.25. The van der Waals surface area contributed by atoms with Crippen molar-refractivity contribution in [3.8, 4) is 0 Å². The van der Waals surface area contributed by atoms with Crippen LogP contribution in [0.4, 0.5) is 0 Å². The summed E-state index contributed by atoms with van der Waals surface area (Å²) in [5, 5.41) is 2.88. The number of rotatable bonds is 2. The van der Waals surface area contributed by atoms with Crippen LogP contribution in [0.3, 0.4) is 0 Å². The summed E-state index contributed by atoms with van der Waals surface area (Å²) in [6, 6.07) is 13.5. The van der Waals surface area contributed by atoms with Crippen molar-refractivity contribution in [2.45, 2.75) is 6.92 Å². The normalized spacial score (nSPS) is 10.8. The average molecular weight is 251 g/mol. The molecule has 0 spiro atoms. The summed E-state index contributed by atoms with van der Waals surface area (Å²) in [6.45, 7) is 2.17. The van der Waals surface area contributed by atoms with Crippen molar-refractivity contribution >= 4 is 27.6 Å². The Hall–Kier alpha value is -2.42. The van der Waals surface area contributed by atoms with E-state index in [0.29, 0.717) is 12.2 Å². The van der Waals surface area contributed by atoms with Gasteiger partial charge in [-0.15, -0.1) is 0 Å². The van der Waals surface area contributed by atoms with Gasteiger partial charge in [0.25, 0.3) is 0 Å². The summed E-state index contributed by atoms with van der Waals surface area (Å²) in [4.78, 5) is 16.5. The number of hydrogen-bond donors (Lipinski definition) is 0. The fraction of sp³-hybridized carbons (Fsp3) is 0.125. The Balaban J connectivity index is 2.39. The molecule has 1 heterocycles. The summed E-state index contributed by atoms with van der Waals surface area (Å²) in [5.41, 5.74) is 1.41. The first-order chi connectivity index (χ1) is 9.31. The van der Waals surface area contributed by atoms with E-state index in [-0.39, 0.29) is 5.97 Å². The lowest BCUT2D eigenvalue weighted by Gasteiger charge is -2.08. The molecule has 0 aliphatic carbocycles. The minimum absolute atomic E-state index is 0.300. The molecule has 0 unspecified atom stereocenters. The Labute approximate surface area is 110 Å². The van der Waals surface area contributed by atoms with Crippen LogP contribution in [-0.2, 0) is 4.74 Å². The molecule has 0 N–H and O–H groups in total. The third kappa shape index (κ3) is 1.93. The molecule has 3 nitrogen and oxygen atoms in total. The number of nitrogens with zero attached hydrogens (tertiary/aromatic N) is 1. The minimum atomic E-state index is -0.300. The number of benzene rings is 2. The molecule has 0 radical (unpaired) electrons. The molecular formula is C16H13NO2. The standard InChI is InChI=1S/C16H13NO2/c1-2-19-16(18)13-7-3-5-11-8-9-12-6-4-10-17-15(12)14(11)13/h3-10H,2H2,1H3. The lowest BCUT2D eigenvalue weighted by molar-refractivity contribution is 0.0529. The second-order valence-corrected chi connectivity index (χ2v) is 4.26. The van der Waals surface area contributed by atoms with Crippen molar-refractivity contribution in [3.63, 3.8) is 0 Å². The molecule has 0 aliphatic rings. The van der Waals surface area contributed by atoms with Gasteiger partial charge in [0.2, 0.25) is 0 Å². The van der Waals surface area contributed by atoms with Crippen molar-refractivity contribution in [2.24, 2.45) is 0 Å². The van der Waals surface area contributed by atoms with E-state index in [1.54, 1.807) is 19.2 Å². The van der Waals surface area contributed by atoms with E-state index in [1.165, 1.54) is 0 Å². The van der Waals surface area contributed by atoms with E-state index >= 15 is 0 Å². The maximum atomic E-state index is 12.1. The summed E-state index contributed by atoms with van der Waals surface area (Å²) < 4.78 is 5.12. The van der Waals surface area contributed by atoms with Crippen molar-refractivity contribution in [3.05, 3.63) is 54.2 Å². The molecule has 19 heavy (non-hydrogen) atoms. The van der Waals surface area contributed by atoms with Gasteiger partial charge in [0.1, 0.15) is 0 Å². The van der Waals surface area contributed by atoms with Crippen LogP contribution in [0, 0.1) is 0 Å². The lowest BCUT2D eigenvalue weighted by Crippen LogP contribution is -2.05. The highest BCUT2D eigenvalue weighted by molar-refractivity contribution is 6.15. The molecule has 0 fully saturated rings. The molecule has 0 amide bonds. The van der Waals surface area contributed by atoms with Gasteiger partial charge in [0.05, 0.1) is 17.7 Å². The van der Waals surface area contributed by atoms with Gasteiger partial charge in [-0.25, -0.2) is 4.79 Å². The Bertz CT molecular complexity index is 765. The van der Waals surface area contributed by atoms with Crippen LogP contribution in [0.5, 0.6) is 0 Å². The Kier molecular flexibility index (Phi) is 2.88. The number of esters is 1. The third-order valence-corrected chi connectivity index (χ3v) is 3.11. The zero-order valence-corrected chi connectivity index (χ0v) is 10.6. The van der Waals surface area contributed by atoms with Crippen LogP contribution < -0.4 is 0 Å². The monoisotopic (exact) mass is 251 g/mol. The van der Waals surface area contributed by atoms with Crippen LogP contribution in [-0.4, -0.2) is 17.6 Å². The van der Waals surface area contributed by atoms with Crippen molar-refractivity contribution in [2.75, 3.05) is 6.61 Å². The van der Waals surface area contributed by atoms with E-state index in [4.69, 9.17) is 4.74 Å². The second-order valence-electron chi connectivity index (χ2n) is 4.26. The lowest BCUT2D eigenvalue weighted by atomic mass is 10.0. The van der Waals surface area contributed by atoms with E-state index in [2.05, 4.69) is 4.98 Å². The largest absolute Gasteiger partial charge is 0.462 e. The number of ether oxygens (including phenoxy) is 1. The second kappa shape index (κ2) is 4.69. The van der Waals surface area contributed by atoms with Gasteiger partial charge in [-0.2, -0.15) is 0 Å². The highest BCUT2D eigenvalue weighted by atomic mass is 16.5. The molecule has 3 heteroatoms. The van der Waals surface area contributed by atoms with Crippen LogP contribution in [0.15, 0.2) is 48.7 Å². The number of pyridine rings is 1. The van der Waals surface area contributed by atoms with Crippen LogP contribution in [0.1, 0.15) is 17.3 Å². The molecule has 1 aromatic heterocycles. The van der Waals surface area contributed by atoms with E-state index in [0.717, 1.165) is 21.7 Å². The molecule has 0 saturated carbocycles. The summed E-state index contributed by atoms with van der Waals surface area (Å²) >= 11 is 0. The number of carbonyl (C=O) groups is 1. The first kappa shape index (κ1) is 11.7. The maximum Gasteiger partial charge on any atom is 0.338 e. The van der Waals surface area contributed by atoms with Crippen molar-refractivity contribution < 1.29 is 9.53 Å². The predicted octanol–water partition coefficient (Wildman–Crippen LogP) is 3.56. The third-order valence-electron chi connectivity index (χ3n) is 3.11. The maximum absolute atomic E-state index is 12.1. The van der Waals surface area contributed by atoms with E-state index < -0.39 is 0 Å². The highest BCUT2D eigenvalue weighted by Gasteiger charge is 2.13. The highest BCUT2D eigenvalue weighted by Crippen LogP contribution is 2.27. The molecule has 0 aliphatic heterocycles.